The molecule has 0 fully saturated rings. The molecule has 3 rings (SSSR count). The van der Waals surface area contributed by atoms with E-state index < -0.39 is 0 Å². The Bertz CT molecular complexity index is 887. The van der Waals surface area contributed by atoms with Crippen LogP contribution in [0.2, 0.25) is 0 Å². The predicted molar refractivity (Wildman–Crippen MR) is 89.9 cm³/mol. The number of carbonyl (C=O) groups is 1. The van der Waals surface area contributed by atoms with Crippen molar-refractivity contribution in [2.24, 2.45) is 0 Å². The van der Waals surface area contributed by atoms with Gasteiger partial charge in [-0.1, -0.05) is 12.1 Å². The van der Waals surface area contributed by atoms with Gasteiger partial charge in [-0.2, -0.15) is 0 Å². The number of hydrogen-bond acceptors (Lipinski definition) is 2. The largest absolute Gasteiger partial charge is 0.347 e. The molecule has 0 aliphatic heterocycles. The molecule has 2 heterocycles. The third-order valence-electron chi connectivity index (χ3n) is 3.63. The van der Waals surface area contributed by atoms with Crippen molar-refractivity contribution in [1.82, 2.24) is 14.7 Å². The van der Waals surface area contributed by atoms with Gasteiger partial charge in [0.05, 0.1) is 5.69 Å². The molecule has 118 valence electrons. The second-order valence-electron chi connectivity index (χ2n) is 5.39. The first-order valence-electron chi connectivity index (χ1n) is 7.13. The van der Waals surface area contributed by atoms with Crippen LogP contribution in [0, 0.1) is 19.7 Å². The highest BCUT2D eigenvalue weighted by atomic mass is 79.9. The minimum absolute atomic E-state index is 0.211. The highest BCUT2D eigenvalue weighted by Crippen LogP contribution is 2.20. The summed E-state index contributed by atoms with van der Waals surface area (Å²) in [6.45, 7) is 4.10. The summed E-state index contributed by atoms with van der Waals surface area (Å²) in [6, 6.07) is 8.01. The first kappa shape index (κ1) is 15.7. The molecule has 0 saturated carbocycles. The lowest BCUT2D eigenvalue weighted by Crippen LogP contribution is -2.25. The highest BCUT2D eigenvalue weighted by molar-refractivity contribution is 9.10. The minimum Gasteiger partial charge on any atom is -0.347 e. The SMILES string of the molecule is Cc1nc2c(C)cc(Br)cn2c1C(=O)NCc1ccc(F)cc1. The van der Waals surface area contributed by atoms with Gasteiger partial charge in [-0.05, 0) is 59.1 Å². The number of carbonyl (C=O) groups excluding carboxylic acids is 1. The van der Waals surface area contributed by atoms with Crippen molar-refractivity contribution in [2.75, 3.05) is 0 Å². The third kappa shape index (κ3) is 3.12. The zero-order valence-electron chi connectivity index (χ0n) is 12.7. The van der Waals surface area contributed by atoms with Crippen LogP contribution < -0.4 is 5.32 Å². The van der Waals surface area contributed by atoms with Gasteiger partial charge < -0.3 is 5.32 Å². The number of imidazole rings is 1. The van der Waals surface area contributed by atoms with Crippen molar-refractivity contribution in [3.05, 3.63) is 69.3 Å². The topological polar surface area (TPSA) is 46.4 Å². The van der Waals surface area contributed by atoms with Crippen LogP contribution in [-0.4, -0.2) is 15.3 Å². The Labute approximate surface area is 141 Å². The van der Waals surface area contributed by atoms with E-state index in [9.17, 15) is 9.18 Å². The zero-order chi connectivity index (χ0) is 16.6. The van der Waals surface area contributed by atoms with Crippen LogP contribution >= 0.6 is 15.9 Å². The van der Waals surface area contributed by atoms with E-state index in [0.717, 1.165) is 21.2 Å². The molecule has 23 heavy (non-hydrogen) atoms. The van der Waals surface area contributed by atoms with Gasteiger partial charge in [-0.15, -0.1) is 0 Å². The summed E-state index contributed by atoms with van der Waals surface area (Å²) in [5.74, 6) is -0.505. The Balaban J connectivity index is 1.89. The molecule has 0 aliphatic carbocycles. The van der Waals surface area contributed by atoms with Crippen LogP contribution in [0.3, 0.4) is 0 Å². The minimum atomic E-state index is -0.293. The summed E-state index contributed by atoms with van der Waals surface area (Å²) in [5.41, 5.74) is 3.76. The molecule has 0 bridgehead atoms. The van der Waals surface area contributed by atoms with E-state index in [-0.39, 0.29) is 11.7 Å². The quantitative estimate of drug-likeness (QED) is 0.756. The highest BCUT2D eigenvalue weighted by Gasteiger charge is 2.17. The Morgan fingerprint density at radius 3 is 2.70 bits per heavy atom. The number of aromatic nitrogens is 2. The van der Waals surface area contributed by atoms with Crippen molar-refractivity contribution in [2.45, 2.75) is 20.4 Å². The predicted octanol–water partition coefficient (Wildman–Crippen LogP) is 3.78. The standard InChI is InChI=1S/C17H15BrFN3O/c1-10-7-13(18)9-22-15(11(2)21-16(10)22)17(23)20-8-12-3-5-14(19)6-4-12/h3-7,9H,8H2,1-2H3,(H,20,23). The van der Waals surface area contributed by atoms with Crippen LogP contribution in [0.1, 0.15) is 27.3 Å². The number of halogens is 2. The maximum Gasteiger partial charge on any atom is 0.270 e. The summed E-state index contributed by atoms with van der Waals surface area (Å²) < 4.78 is 15.6. The molecule has 0 aliphatic rings. The van der Waals surface area contributed by atoms with Gasteiger partial charge >= 0.3 is 0 Å². The number of rotatable bonds is 3. The molecule has 0 saturated heterocycles. The van der Waals surface area contributed by atoms with Crippen LogP contribution in [-0.2, 0) is 6.54 Å². The van der Waals surface area contributed by atoms with Crippen molar-refractivity contribution in [3.8, 4) is 0 Å². The maximum absolute atomic E-state index is 12.9. The third-order valence-corrected chi connectivity index (χ3v) is 4.06. The van der Waals surface area contributed by atoms with Crippen molar-refractivity contribution < 1.29 is 9.18 Å². The van der Waals surface area contributed by atoms with E-state index in [1.807, 2.05) is 26.1 Å². The van der Waals surface area contributed by atoms with Crippen molar-refractivity contribution >= 4 is 27.5 Å². The zero-order valence-corrected chi connectivity index (χ0v) is 14.3. The summed E-state index contributed by atoms with van der Waals surface area (Å²) in [4.78, 5) is 17.0. The Kier molecular flexibility index (Phi) is 4.17. The molecule has 1 aromatic carbocycles. The number of aryl methyl sites for hydroxylation is 2. The van der Waals surface area contributed by atoms with E-state index in [4.69, 9.17) is 0 Å². The first-order valence-corrected chi connectivity index (χ1v) is 7.92. The molecule has 2 aromatic heterocycles. The normalized spacial score (nSPS) is 11.0. The smallest absolute Gasteiger partial charge is 0.270 e. The van der Waals surface area contributed by atoms with Crippen LogP contribution in [0.15, 0.2) is 41.0 Å². The fourth-order valence-electron chi connectivity index (χ4n) is 2.52. The van der Waals surface area contributed by atoms with Crippen molar-refractivity contribution in [3.63, 3.8) is 0 Å². The van der Waals surface area contributed by atoms with E-state index in [0.29, 0.717) is 17.9 Å². The van der Waals surface area contributed by atoms with Gasteiger partial charge in [0.2, 0.25) is 0 Å². The number of fused-ring (bicyclic) bond motifs is 1. The van der Waals surface area contributed by atoms with Gasteiger partial charge in [0, 0.05) is 17.2 Å². The lowest BCUT2D eigenvalue weighted by Gasteiger charge is -2.07. The Morgan fingerprint density at radius 2 is 2.00 bits per heavy atom. The summed E-state index contributed by atoms with van der Waals surface area (Å²) in [7, 11) is 0. The van der Waals surface area contributed by atoms with E-state index in [1.54, 1.807) is 16.5 Å². The Hall–Kier alpha value is -2.21. The number of nitrogens with one attached hydrogen (secondary N) is 1. The average Bonchev–Trinajstić information content (AvgIpc) is 2.83. The molecule has 0 spiro atoms. The fraction of sp³-hybridized carbons (Fsp3) is 0.176. The monoisotopic (exact) mass is 375 g/mol. The summed E-state index contributed by atoms with van der Waals surface area (Å²) in [6.07, 6.45) is 1.83. The number of amides is 1. The number of nitrogens with zero attached hydrogens (tertiary/aromatic N) is 2. The van der Waals surface area contributed by atoms with Gasteiger partial charge in [-0.25, -0.2) is 9.37 Å². The van der Waals surface area contributed by atoms with Gasteiger partial charge in [0.1, 0.15) is 17.2 Å². The molecule has 1 amide bonds. The second-order valence-corrected chi connectivity index (χ2v) is 6.31. The van der Waals surface area contributed by atoms with E-state index in [2.05, 4.69) is 26.2 Å². The molecule has 4 nitrogen and oxygen atoms in total. The lowest BCUT2D eigenvalue weighted by atomic mass is 10.2. The summed E-state index contributed by atoms with van der Waals surface area (Å²) >= 11 is 3.44. The van der Waals surface area contributed by atoms with Gasteiger partial charge in [0.25, 0.3) is 5.91 Å². The van der Waals surface area contributed by atoms with Crippen LogP contribution in [0.4, 0.5) is 4.39 Å². The lowest BCUT2D eigenvalue weighted by molar-refractivity contribution is 0.0944. The number of benzene rings is 1. The number of hydrogen-bond donors (Lipinski definition) is 1. The summed E-state index contributed by atoms with van der Waals surface area (Å²) in [5, 5.41) is 2.86. The average molecular weight is 376 g/mol. The second kappa shape index (κ2) is 6.12. The molecule has 0 unspecified atom stereocenters. The van der Waals surface area contributed by atoms with Gasteiger partial charge in [0.15, 0.2) is 0 Å². The molecular formula is C17H15BrFN3O. The Morgan fingerprint density at radius 1 is 1.30 bits per heavy atom. The molecule has 0 atom stereocenters. The van der Waals surface area contributed by atoms with Crippen molar-refractivity contribution in [1.29, 1.82) is 0 Å². The molecule has 0 radical (unpaired) electrons. The van der Waals surface area contributed by atoms with Crippen LogP contribution in [0.5, 0.6) is 0 Å². The molecule has 6 heteroatoms. The molecule has 3 aromatic rings. The number of pyridine rings is 1. The van der Waals surface area contributed by atoms with E-state index >= 15 is 0 Å². The van der Waals surface area contributed by atoms with Gasteiger partial charge in [-0.3, -0.25) is 9.20 Å². The molecule has 1 N–H and O–H groups in total. The van der Waals surface area contributed by atoms with Crippen LogP contribution in [0.25, 0.3) is 5.65 Å². The van der Waals surface area contributed by atoms with E-state index in [1.165, 1.54) is 12.1 Å². The maximum atomic E-state index is 12.9. The molecular weight excluding hydrogens is 361 g/mol. The fourth-order valence-corrected chi connectivity index (χ4v) is 3.07. The first-order chi connectivity index (χ1) is 11.0.